The minimum atomic E-state index is -0.285. The number of aromatic nitrogens is 2. The third-order valence-corrected chi connectivity index (χ3v) is 7.60. The SMILES string of the molecule is CCC1SCCSC1C(O)Cc1cn2ccsc2n1. The van der Waals surface area contributed by atoms with Gasteiger partial charge in [0.05, 0.1) is 11.8 Å². The van der Waals surface area contributed by atoms with Crippen molar-refractivity contribution in [3.05, 3.63) is 23.5 Å². The highest BCUT2D eigenvalue weighted by molar-refractivity contribution is 8.07. The molecule has 0 amide bonds. The zero-order valence-corrected chi connectivity index (χ0v) is 13.3. The Morgan fingerprint density at radius 1 is 1.47 bits per heavy atom. The third kappa shape index (κ3) is 2.96. The van der Waals surface area contributed by atoms with Crippen LogP contribution in [0, 0.1) is 0 Å². The summed E-state index contributed by atoms with van der Waals surface area (Å²) in [6.07, 6.45) is 5.58. The second-order valence-corrected chi connectivity index (χ2v) is 8.26. The van der Waals surface area contributed by atoms with Crippen molar-refractivity contribution < 1.29 is 5.11 Å². The van der Waals surface area contributed by atoms with Gasteiger partial charge in [0.25, 0.3) is 0 Å². The lowest BCUT2D eigenvalue weighted by Crippen LogP contribution is -2.37. The summed E-state index contributed by atoms with van der Waals surface area (Å²) < 4.78 is 2.03. The van der Waals surface area contributed by atoms with E-state index >= 15 is 0 Å². The molecular formula is C13H18N2OS3. The van der Waals surface area contributed by atoms with E-state index in [9.17, 15) is 5.11 Å². The number of hydrogen-bond donors (Lipinski definition) is 1. The van der Waals surface area contributed by atoms with Crippen LogP contribution in [0.25, 0.3) is 4.96 Å². The highest BCUT2D eigenvalue weighted by Gasteiger charge is 2.31. The lowest BCUT2D eigenvalue weighted by Gasteiger charge is -2.33. The normalized spacial score (nSPS) is 25.8. The van der Waals surface area contributed by atoms with Crippen molar-refractivity contribution in [2.75, 3.05) is 11.5 Å². The molecule has 1 fully saturated rings. The highest BCUT2D eigenvalue weighted by atomic mass is 32.2. The Kier molecular flexibility index (Phi) is 4.41. The second kappa shape index (κ2) is 6.08. The molecule has 104 valence electrons. The van der Waals surface area contributed by atoms with Crippen LogP contribution in [0.3, 0.4) is 0 Å². The Bertz CT molecular complexity index is 510. The van der Waals surface area contributed by atoms with Gasteiger partial charge in [-0.1, -0.05) is 6.92 Å². The van der Waals surface area contributed by atoms with Crippen LogP contribution in [0.15, 0.2) is 17.8 Å². The maximum absolute atomic E-state index is 10.5. The highest BCUT2D eigenvalue weighted by Crippen LogP contribution is 2.35. The van der Waals surface area contributed by atoms with Crippen LogP contribution in [0.4, 0.5) is 0 Å². The lowest BCUT2D eigenvalue weighted by atomic mass is 10.1. The summed E-state index contributed by atoms with van der Waals surface area (Å²) in [5, 5.41) is 13.5. The first-order valence-electron chi connectivity index (χ1n) is 6.60. The Balaban J connectivity index is 1.69. The van der Waals surface area contributed by atoms with Crippen molar-refractivity contribution in [2.45, 2.75) is 36.4 Å². The van der Waals surface area contributed by atoms with Crippen molar-refractivity contribution in [3.63, 3.8) is 0 Å². The molecule has 0 aromatic carbocycles. The fraction of sp³-hybridized carbons (Fsp3) is 0.615. The van der Waals surface area contributed by atoms with E-state index < -0.39 is 0 Å². The molecule has 3 unspecified atom stereocenters. The van der Waals surface area contributed by atoms with Gasteiger partial charge >= 0.3 is 0 Å². The van der Waals surface area contributed by atoms with Gasteiger partial charge in [-0.05, 0) is 6.42 Å². The maximum Gasteiger partial charge on any atom is 0.193 e. The van der Waals surface area contributed by atoms with Gasteiger partial charge in [0.1, 0.15) is 0 Å². The first kappa shape index (κ1) is 13.8. The first-order valence-corrected chi connectivity index (χ1v) is 9.58. The smallest absolute Gasteiger partial charge is 0.193 e. The average Bonchev–Trinajstić information content (AvgIpc) is 2.99. The average molecular weight is 315 g/mol. The Morgan fingerprint density at radius 3 is 3.11 bits per heavy atom. The molecule has 1 aliphatic rings. The minimum absolute atomic E-state index is 0.285. The van der Waals surface area contributed by atoms with E-state index in [1.807, 2.05) is 45.7 Å². The fourth-order valence-corrected chi connectivity index (χ4v) is 6.37. The van der Waals surface area contributed by atoms with E-state index in [-0.39, 0.29) is 6.10 Å². The fourth-order valence-electron chi connectivity index (χ4n) is 2.50. The van der Waals surface area contributed by atoms with E-state index in [0.29, 0.717) is 16.9 Å². The molecule has 0 bridgehead atoms. The number of imidazole rings is 1. The zero-order valence-electron chi connectivity index (χ0n) is 10.9. The van der Waals surface area contributed by atoms with Gasteiger partial charge in [-0.2, -0.15) is 23.5 Å². The molecule has 3 heterocycles. The molecule has 2 aromatic heterocycles. The first-order chi connectivity index (χ1) is 9.28. The third-order valence-electron chi connectivity index (χ3n) is 3.44. The number of thiazole rings is 1. The van der Waals surface area contributed by atoms with Crippen LogP contribution in [0.5, 0.6) is 0 Å². The number of rotatable bonds is 4. The number of hydrogen-bond acceptors (Lipinski definition) is 5. The molecule has 3 nitrogen and oxygen atoms in total. The van der Waals surface area contributed by atoms with Gasteiger partial charge in [0, 0.05) is 46.2 Å². The van der Waals surface area contributed by atoms with E-state index in [1.165, 1.54) is 5.75 Å². The van der Waals surface area contributed by atoms with Crippen molar-refractivity contribution >= 4 is 39.8 Å². The van der Waals surface area contributed by atoms with E-state index in [0.717, 1.165) is 22.8 Å². The Hall–Kier alpha value is -0.170. The summed E-state index contributed by atoms with van der Waals surface area (Å²) in [6, 6.07) is 0. The van der Waals surface area contributed by atoms with Gasteiger partial charge in [0.15, 0.2) is 4.96 Å². The van der Waals surface area contributed by atoms with Gasteiger partial charge in [-0.3, -0.25) is 4.40 Å². The summed E-state index contributed by atoms with van der Waals surface area (Å²) >= 11 is 5.58. The number of aliphatic hydroxyl groups is 1. The number of thioether (sulfide) groups is 2. The molecule has 0 aliphatic carbocycles. The van der Waals surface area contributed by atoms with E-state index in [1.54, 1.807) is 11.3 Å². The topological polar surface area (TPSA) is 37.5 Å². The molecule has 2 aromatic rings. The van der Waals surface area contributed by atoms with Crippen molar-refractivity contribution in [3.8, 4) is 0 Å². The number of nitrogens with zero attached hydrogens (tertiary/aromatic N) is 2. The predicted octanol–water partition coefficient (Wildman–Crippen LogP) is 2.93. The van der Waals surface area contributed by atoms with Gasteiger partial charge in [-0.25, -0.2) is 4.98 Å². The molecule has 0 spiro atoms. The molecule has 19 heavy (non-hydrogen) atoms. The minimum Gasteiger partial charge on any atom is -0.392 e. The molecule has 0 radical (unpaired) electrons. The van der Waals surface area contributed by atoms with Crippen LogP contribution in [0.2, 0.25) is 0 Å². The van der Waals surface area contributed by atoms with Gasteiger partial charge in [0.2, 0.25) is 0 Å². The summed E-state index contributed by atoms with van der Waals surface area (Å²) in [5.41, 5.74) is 1.00. The van der Waals surface area contributed by atoms with Crippen molar-refractivity contribution in [1.82, 2.24) is 9.38 Å². The van der Waals surface area contributed by atoms with Gasteiger partial charge < -0.3 is 5.11 Å². The maximum atomic E-state index is 10.5. The monoisotopic (exact) mass is 314 g/mol. The van der Waals surface area contributed by atoms with Gasteiger partial charge in [-0.15, -0.1) is 11.3 Å². The number of aliphatic hydroxyl groups excluding tert-OH is 1. The molecule has 0 saturated carbocycles. The van der Waals surface area contributed by atoms with Crippen LogP contribution >= 0.6 is 34.9 Å². The van der Waals surface area contributed by atoms with Crippen molar-refractivity contribution in [1.29, 1.82) is 0 Å². The Labute approximate surface area is 125 Å². The molecule has 3 rings (SSSR count). The summed E-state index contributed by atoms with van der Waals surface area (Å²) in [5.74, 6) is 2.37. The molecule has 3 atom stereocenters. The standard InChI is InChI=1S/C13H18N2OS3/c1-2-11-12(18-6-5-17-11)10(16)7-9-8-15-3-4-19-13(15)14-9/h3-4,8,10-12,16H,2,5-7H2,1H3. The number of fused-ring (bicyclic) bond motifs is 1. The second-order valence-electron chi connectivity index (χ2n) is 4.75. The summed E-state index contributed by atoms with van der Waals surface area (Å²) in [7, 11) is 0. The summed E-state index contributed by atoms with van der Waals surface area (Å²) in [6.45, 7) is 2.22. The molecule has 1 N–H and O–H groups in total. The van der Waals surface area contributed by atoms with Crippen molar-refractivity contribution in [2.24, 2.45) is 0 Å². The Morgan fingerprint density at radius 2 is 2.32 bits per heavy atom. The molecule has 6 heteroatoms. The summed E-state index contributed by atoms with van der Waals surface area (Å²) in [4.78, 5) is 5.58. The van der Waals surface area contributed by atoms with Crippen LogP contribution in [-0.4, -0.2) is 42.6 Å². The largest absolute Gasteiger partial charge is 0.392 e. The predicted molar refractivity (Wildman–Crippen MR) is 85.6 cm³/mol. The van der Waals surface area contributed by atoms with Crippen LogP contribution in [0.1, 0.15) is 19.0 Å². The lowest BCUT2D eigenvalue weighted by molar-refractivity contribution is 0.168. The quantitative estimate of drug-likeness (QED) is 0.941. The van der Waals surface area contributed by atoms with E-state index in [2.05, 4.69) is 11.9 Å². The van der Waals surface area contributed by atoms with Crippen LogP contribution in [-0.2, 0) is 6.42 Å². The molecular weight excluding hydrogens is 296 g/mol. The van der Waals surface area contributed by atoms with Crippen LogP contribution < -0.4 is 0 Å². The zero-order chi connectivity index (χ0) is 13.2. The molecule has 1 aliphatic heterocycles. The molecule has 1 saturated heterocycles. The van der Waals surface area contributed by atoms with E-state index in [4.69, 9.17) is 0 Å².